The van der Waals surface area contributed by atoms with Crippen molar-refractivity contribution in [2.45, 2.75) is 109 Å². The zero-order valence-electron chi connectivity index (χ0n) is 15.5. The lowest BCUT2D eigenvalue weighted by Crippen LogP contribution is -2.28. The van der Waals surface area contributed by atoms with E-state index < -0.39 is 5.97 Å². The van der Waals surface area contributed by atoms with Crippen molar-refractivity contribution in [3.63, 3.8) is 0 Å². The number of hydrogen-bond donors (Lipinski definition) is 3. The molecular weight excluding hydrogens is 304 g/mol. The van der Waals surface area contributed by atoms with E-state index >= 15 is 0 Å². The van der Waals surface area contributed by atoms with Gasteiger partial charge in [-0.15, -0.1) is 0 Å². The van der Waals surface area contributed by atoms with Crippen LogP contribution in [0.25, 0.3) is 0 Å². The van der Waals surface area contributed by atoms with Crippen molar-refractivity contribution < 1.29 is 20.1 Å². The predicted octanol–water partition coefficient (Wildman–Crippen LogP) is 4.52. The molecule has 1 rings (SSSR count). The Labute approximate surface area is 147 Å². The van der Waals surface area contributed by atoms with Gasteiger partial charge in [0.15, 0.2) is 0 Å². The summed E-state index contributed by atoms with van der Waals surface area (Å²) in [5, 5.41) is 29.3. The second-order valence-corrected chi connectivity index (χ2v) is 7.59. The van der Waals surface area contributed by atoms with Crippen LogP contribution in [0.4, 0.5) is 0 Å². The standard InChI is InChI=1S/C20H38O4/c1-2-3-4-9-12-18(21)17-14-15-19(22)16(17)11-8-6-5-7-10-13-20(23)24/h16-19,21-22H,2-15H2,1H3,(H,23,24). The highest BCUT2D eigenvalue weighted by Crippen LogP contribution is 2.39. The first-order valence-corrected chi connectivity index (χ1v) is 10.1. The summed E-state index contributed by atoms with van der Waals surface area (Å²) in [7, 11) is 0. The van der Waals surface area contributed by atoms with E-state index in [1.165, 1.54) is 19.3 Å². The lowest BCUT2D eigenvalue weighted by atomic mass is 9.84. The van der Waals surface area contributed by atoms with Crippen molar-refractivity contribution in [1.82, 2.24) is 0 Å². The fraction of sp³-hybridized carbons (Fsp3) is 0.950. The van der Waals surface area contributed by atoms with Gasteiger partial charge in [-0.05, 0) is 43.9 Å². The lowest BCUT2D eigenvalue weighted by Gasteiger charge is -2.26. The molecule has 4 nitrogen and oxygen atoms in total. The van der Waals surface area contributed by atoms with Crippen molar-refractivity contribution in [3.8, 4) is 0 Å². The largest absolute Gasteiger partial charge is 0.481 e. The lowest BCUT2D eigenvalue weighted by molar-refractivity contribution is -0.137. The van der Waals surface area contributed by atoms with Crippen LogP contribution in [-0.4, -0.2) is 33.5 Å². The summed E-state index contributed by atoms with van der Waals surface area (Å²) in [6, 6.07) is 0. The molecule has 142 valence electrons. The number of aliphatic hydroxyl groups is 2. The molecule has 1 aliphatic rings. The van der Waals surface area contributed by atoms with Gasteiger partial charge in [0, 0.05) is 6.42 Å². The SMILES string of the molecule is CCCCCCC(O)C1CCC(O)C1CCCCCCCC(=O)O. The number of carboxylic acid groups (broad SMARTS) is 1. The Morgan fingerprint density at radius 3 is 2.38 bits per heavy atom. The Bertz CT molecular complexity index is 332. The van der Waals surface area contributed by atoms with E-state index in [4.69, 9.17) is 5.11 Å². The summed E-state index contributed by atoms with van der Waals surface area (Å²) in [4.78, 5) is 10.5. The fourth-order valence-corrected chi connectivity index (χ4v) is 4.14. The molecule has 0 amide bonds. The van der Waals surface area contributed by atoms with Gasteiger partial charge >= 0.3 is 5.97 Å². The van der Waals surface area contributed by atoms with E-state index in [1.54, 1.807) is 0 Å². The molecule has 1 fully saturated rings. The second-order valence-electron chi connectivity index (χ2n) is 7.59. The normalized spacial score (nSPS) is 25.0. The van der Waals surface area contributed by atoms with E-state index in [2.05, 4.69) is 6.92 Å². The maximum absolute atomic E-state index is 10.5. The molecule has 1 saturated carbocycles. The first-order chi connectivity index (χ1) is 11.6. The highest BCUT2D eigenvalue weighted by atomic mass is 16.4. The summed E-state index contributed by atoms with van der Waals surface area (Å²) in [6.07, 6.45) is 13.2. The molecule has 0 aromatic carbocycles. The van der Waals surface area contributed by atoms with E-state index in [-0.39, 0.29) is 30.5 Å². The van der Waals surface area contributed by atoms with Crippen molar-refractivity contribution in [3.05, 3.63) is 0 Å². The van der Waals surface area contributed by atoms with Crippen LogP contribution in [0, 0.1) is 11.8 Å². The first-order valence-electron chi connectivity index (χ1n) is 10.1. The third kappa shape index (κ3) is 8.48. The number of rotatable bonds is 14. The van der Waals surface area contributed by atoms with Gasteiger partial charge in [0.25, 0.3) is 0 Å². The third-order valence-corrected chi connectivity index (χ3v) is 5.62. The van der Waals surface area contributed by atoms with Crippen LogP contribution in [0.2, 0.25) is 0 Å². The van der Waals surface area contributed by atoms with Crippen LogP contribution in [0.1, 0.15) is 96.8 Å². The average molecular weight is 343 g/mol. The molecule has 4 heteroatoms. The molecule has 0 heterocycles. The van der Waals surface area contributed by atoms with Gasteiger partial charge in [0.1, 0.15) is 0 Å². The Hall–Kier alpha value is -0.610. The summed E-state index contributed by atoms with van der Waals surface area (Å²) in [5.74, 6) is -0.182. The molecule has 3 N–H and O–H groups in total. The van der Waals surface area contributed by atoms with E-state index in [0.29, 0.717) is 0 Å². The molecule has 0 saturated heterocycles. The van der Waals surface area contributed by atoms with Gasteiger partial charge in [-0.25, -0.2) is 0 Å². The molecule has 0 spiro atoms. The van der Waals surface area contributed by atoms with Crippen LogP contribution in [0.3, 0.4) is 0 Å². The van der Waals surface area contributed by atoms with Crippen molar-refractivity contribution in [2.24, 2.45) is 11.8 Å². The molecule has 4 atom stereocenters. The van der Waals surface area contributed by atoms with Gasteiger partial charge in [-0.3, -0.25) is 4.79 Å². The van der Waals surface area contributed by atoms with Gasteiger partial charge in [-0.2, -0.15) is 0 Å². The van der Waals surface area contributed by atoms with Gasteiger partial charge in [-0.1, -0.05) is 58.3 Å². The number of aliphatic carboxylic acids is 1. The molecule has 24 heavy (non-hydrogen) atoms. The number of aliphatic hydroxyl groups excluding tert-OH is 2. The highest BCUT2D eigenvalue weighted by molar-refractivity contribution is 5.66. The fourth-order valence-electron chi connectivity index (χ4n) is 4.14. The van der Waals surface area contributed by atoms with Crippen LogP contribution in [0.15, 0.2) is 0 Å². The summed E-state index contributed by atoms with van der Waals surface area (Å²) in [6.45, 7) is 2.20. The average Bonchev–Trinajstić information content (AvgIpc) is 2.91. The van der Waals surface area contributed by atoms with Crippen molar-refractivity contribution in [1.29, 1.82) is 0 Å². The smallest absolute Gasteiger partial charge is 0.303 e. The number of unbranched alkanes of at least 4 members (excludes halogenated alkanes) is 7. The van der Waals surface area contributed by atoms with Crippen LogP contribution < -0.4 is 0 Å². The van der Waals surface area contributed by atoms with Crippen LogP contribution in [0.5, 0.6) is 0 Å². The Morgan fingerprint density at radius 1 is 1.00 bits per heavy atom. The topological polar surface area (TPSA) is 77.8 Å². The molecule has 0 radical (unpaired) electrons. The Kier molecular flexibility index (Phi) is 11.4. The molecular formula is C20H38O4. The van der Waals surface area contributed by atoms with Crippen LogP contribution >= 0.6 is 0 Å². The summed E-state index contributed by atoms with van der Waals surface area (Å²) in [5.41, 5.74) is 0. The maximum atomic E-state index is 10.5. The van der Waals surface area contributed by atoms with Crippen molar-refractivity contribution >= 4 is 5.97 Å². The Morgan fingerprint density at radius 2 is 1.67 bits per heavy atom. The molecule has 0 aliphatic heterocycles. The minimum Gasteiger partial charge on any atom is -0.481 e. The van der Waals surface area contributed by atoms with E-state index in [0.717, 1.165) is 64.2 Å². The number of carboxylic acids is 1. The minimum absolute atomic E-state index is 0.243. The first kappa shape index (κ1) is 21.4. The minimum atomic E-state index is -0.708. The zero-order chi connectivity index (χ0) is 17.8. The van der Waals surface area contributed by atoms with E-state index in [1.807, 2.05) is 0 Å². The quantitative estimate of drug-likeness (QED) is 0.406. The maximum Gasteiger partial charge on any atom is 0.303 e. The van der Waals surface area contributed by atoms with E-state index in [9.17, 15) is 15.0 Å². The number of hydrogen-bond acceptors (Lipinski definition) is 3. The van der Waals surface area contributed by atoms with Gasteiger partial charge in [0.2, 0.25) is 0 Å². The molecule has 0 aromatic heterocycles. The second kappa shape index (κ2) is 12.7. The van der Waals surface area contributed by atoms with Crippen LogP contribution in [-0.2, 0) is 4.79 Å². The highest BCUT2D eigenvalue weighted by Gasteiger charge is 2.38. The summed E-state index contributed by atoms with van der Waals surface area (Å²) < 4.78 is 0. The predicted molar refractivity (Wildman–Crippen MR) is 96.9 cm³/mol. The monoisotopic (exact) mass is 342 g/mol. The van der Waals surface area contributed by atoms with Gasteiger partial charge < -0.3 is 15.3 Å². The molecule has 4 unspecified atom stereocenters. The molecule has 0 bridgehead atoms. The zero-order valence-corrected chi connectivity index (χ0v) is 15.5. The Balaban J connectivity index is 2.19. The number of carbonyl (C=O) groups is 1. The molecule has 1 aliphatic carbocycles. The molecule has 0 aromatic rings. The van der Waals surface area contributed by atoms with Crippen molar-refractivity contribution in [2.75, 3.05) is 0 Å². The third-order valence-electron chi connectivity index (χ3n) is 5.62. The summed E-state index contributed by atoms with van der Waals surface area (Å²) >= 11 is 0. The van der Waals surface area contributed by atoms with Gasteiger partial charge in [0.05, 0.1) is 12.2 Å².